The van der Waals surface area contributed by atoms with Gasteiger partial charge in [-0.2, -0.15) is 0 Å². The summed E-state index contributed by atoms with van der Waals surface area (Å²) in [5.74, 6) is 0.0163. The molecule has 0 aliphatic heterocycles. The van der Waals surface area contributed by atoms with E-state index in [0.29, 0.717) is 6.54 Å². The second kappa shape index (κ2) is 7.93. The predicted molar refractivity (Wildman–Crippen MR) is 95.1 cm³/mol. The van der Waals surface area contributed by atoms with Crippen LogP contribution in [-0.4, -0.2) is 12.5 Å². The number of rotatable bonds is 6. The molecule has 2 aromatic rings. The van der Waals surface area contributed by atoms with Crippen molar-refractivity contribution in [3.63, 3.8) is 0 Å². The van der Waals surface area contributed by atoms with E-state index in [-0.39, 0.29) is 23.8 Å². The molecular weight excluding hydrogens is 284 g/mol. The Morgan fingerprint density at radius 3 is 2.22 bits per heavy atom. The molecule has 3 atom stereocenters. The van der Waals surface area contributed by atoms with Crippen LogP contribution in [-0.2, 0) is 4.79 Å². The van der Waals surface area contributed by atoms with Crippen molar-refractivity contribution in [1.29, 1.82) is 0 Å². The highest BCUT2D eigenvalue weighted by Crippen LogP contribution is 2.20. The minimum Gasteiger partial charge on any atom is -0.355 e. The lowest BCUT2D eigenvalue weighted by Crippen LogP contribution is -2.37. The molecule has 3 unspecified atom stereocenters. The molecule has 122 valence electrons. The Labute approximate surface area is 138 Å². The Balaban J connectivity index is 1.89. The summed E-state index contributed by atoms with van der Waals surface area (Å²) >= 11 is 0. The van der Waals surface area contributed by atoms with Crippen LogP contribution in [0.4, 0.5) is 0 Å². The van der Waals surface area contributed by atoms with E-state index in [2.05, 4.69) is 43.4 Å². The third-order valence-corrected chi connectivity index (χ3v) is 4.37. The number of aryl methyl sites for hydroxylation is 1. The molecule has 0 aromatic heterocycles. The highest BCUT2D eigenvalue weighted by molar-refractivity contribution is 5.79. The SMILES string of the molecule is Cc1ccc(C(C)CNC(=O)C(C)C(N)c2ccccc2)cc1. The molecule has 0 aliphatic rings. The first-order valence-corrected chi connectivity index (χ1v) is 8.14. The van der Waals surface area contributed by atoms with Crippen molar-refractivity contribution in [3.8, 4) is 0 Å². The average Bonchev–Trinajstić information content (AvgIpc) is 2.59. The molecule has 0 saturated carbocycles. The van der Waals surface area contributed by atoms with Gasteiger partial charge >= 0.3 is 0 Å². The van der Waals surface area contributed by atoms with E-state index in [9.17, 15) is 4.79 Å². The van der Waals surface area contributed by atoms with Gasteiger partial charge in [0, 0.05) is 12.6 Å². The van der Waals surface area contributed by atoms with Crippen LogP contribution in [0.25, 0.3) is 0 Å². The fourth-order valence-corrected chi connectivity index (χ4v) is 2.55. The van der Waals surface area contributed by atoms with Crippen molar-refractivity contribution in [2.45, 2.75) is 32.7 Å². The second-order valence-electron chi connectivity index (χ2n) is 6.28. The van der Waals surface area contributed by atoms with Crippen LogP contribution in [0.15, 0.2) is 54.6 Å². The fourth-order valence-electron chi connectivity index (χ4n) is 2.55. The topological polar surface area (TPSA) is 55.1 Å². The number of hydrogen-bond donors (Lipinski definition) is 2. The number of benzene rings is 2. The third kappa shape index (κ3) is 4.67. The number of hydrogen-bond acceptors (Lipinski definition) is 2. The Hall–Kier alpha value is -2.13. The molecule has 2 aromatic carbocycles. The monoisotopic (exact) mass is 310 g/mol. The molecule has 0 saturated heterocycles. The van der Waals surface area contributed by atoms with Crippen molar-refractivity contribution >= 4 is 5.91 Å². The summed E-state index contributed by atoms with van der Waals surface area (Å²) < 4.78 is 0. The standard InChI is InChI=1S/C20H26N2O/c1-14-9-11-17(12-10-14)15(2)13-22-20(23)16(3)19(21)18-7-5-4-6-8-18/h4-12,15-16,19H,13,21H2,1-3H3,(H,22,23). The lowest BCUT2D eigenvalue weighted by Gasteiger charge is -2.21. The summed E-state index contributed by atoms with van der Waals surface area (Å²) in [4.78, 5) is 12.4. The summed E-state index contributed by atoms with van der Waals surface area (Å²) in [5.41, 5.74) is 9.68. The van der Waals surface area contributed by atoms with Crippen LogP contribution >= 0.6 is 0 Å². The Morgan fingerprint density at radius 1 is 1.00 bits per heavy atom. The maximum Gasteiger partial charge on any atom is 0.224 e. The maximum absolute atomic E-state index is 12.4. The zero-order chi connectivity index (χ0) is 16.8. The Bertz CT molecular complexity index is 622. The van der Waals surface area contributed by atoms with E-state index in [1.54, 1.807) is 0 Å². The van der Waals surface area contributed by atoms with Crippen LogP contribution in [0, 0.1) is 12.8 Å². The molecule has 3 nitrogen and oxygen atoms in total. The summed E-state index contributed by atoms with van der Waals surface area (Å²) in [7, 11) is 0. The van der Waals surface area contributed by atoms with E-state index < -0.39 is 0 Å². The van der Waals surface area contributed by atoms with E-state index in [1.165, 1.54) is 11.1 Å². The van der Waals surface area contributed by atoms with Crippen molar-refractivity contribution in [1.82, 2.24) is 5.32 Å². The molecule has 0 heterocycles. The molecule has 0 fully saturated rings. The van der Waals surface area contributed by atoms with Gasteiger partial charge < -0.3 is 11.1 Å². The van der Waals surface area contributed by atoms with Crippen LogP contribution < -0.4 is 11.1 Å². The summed E-state index contributed by atoms with van der Waals surface area (Å²) in [6.07, 6.45) is 0. The predicted octanol–water partition coefficient (Wildman–Crippen LogP) is 3.55. The molecule has 3 N–H and O–H groups in total. The number of carbonyl (C=O) groups is 1. The first-order valence-electron chi connectivity index (χ1n) is 8.14. The van der Waals surface area contributed by atoms with Crippen LogP contribution in [0.5, 0.6) is 0 Å². The van der Waals surface area contributed by atoms with Gasteiger partial charge in [-0.05, 0) is 24.0 Å². The van der Waals surface area contributed by atoms with Crippen molar-refractivity contribution in [2.75, 3.05) is 6.54 Å². The van der Waals surface area contributed by atoms with Crippen LogP contribution in [0.1, 0.15) is 42.5 Å². The second-order valence-corrected chi connectivity index (χ2v) is 6.28. The minimum absolute atomic E-state index is 0.000291. The normalized spacial score (nSPS) is 14.8. The fraction of sp³-hybridized carbons (Fsp3) is 0.350. The van der Waals surface area contributed by atoms with Gasteiger partial charge in [0.05, 0.1) is 5.92 Å². The van der Waals surface area contributed by atoms with E-state index >= 15 is 0 Å². The van der Waals surface area contributed by atoms with Gasteiger partial charge in [-0.3, -0.25) is 4.79 Å². The molecule has 3 heteroatoms. The molecule has 0 bridgehead atoms. The van der Waals surface area contributed by atoms with Gasteiger partial charge in [-0.25, -0.2) is 0 Å². The van der Waals surface area contributed by atoms with Crippen molar-refractivity contribution < 1.29 is 4.79 Å². The summed E-state index contributed by atoms with van der Waals surface area (Å²) in [5, 5.41) is 3.03. The van der Waals surface area contributed by atoms with Crippen LogP contribution in [0.2, 0.25) is 0 Å². The van der Waals surface area contributed by atoms with Crippen molar-refractivity contribution in [3.05, 3.63) is 71.3 Å². The lowest BCUT2D eigenvalue weighted by atomic mass is 9.94. The number of nitrogens with two attached hydrogens (primary N) is 1. The molecular formula is C20H26N2O. The molecule has 2 rings (SSSR count). The average molecular weight is 310 g/mol. The van der Waals surface area contributed by atoms with Gasteiger partial charge in [-0.15, -0.1) is 0 Å². The summed E-state index contributed by atoms with van der Waals surface area (Å²) in [6.45, 7) is 6.69. The zero-order valence-corrected chi connectivity index (χ0v) is 14.1. The smallest absolute Gasteiger partial charge is 0.224 e. The Kier molecular flexibility index (Phi) is 5.94. The molecule has 1 amide bonds. The third-order valence-electron chi connectivity index (χ3n) is 4.37. The van der Waals surface area contributed by atoms with Crippen LogP contribution in [0.3, 0.4) is 0 Å². The van der Waals surface area contributed by atoms with Crippen molar-refractivity contribution in [2.24, 2.45) is 11.7 Å². The Morgan fingerprint density at radius 2 is 1.61 bits per heavy atom. The molecule has 0 spiro atoms. The van der Waals surface area contributed by atoms with Gasteiger partial charge in [0.25, 0.3) is 0 Å². The highest BCUT2D eigenvalue weighted by atomic mass is 16.1. The zero-order valence-electron chi connectivity index (χ0n) is 14.1. The van der Waals surface area contributed by atoms with Gasteiger partial charge in [0.2, 0.25) is 5.91 Å². The first kappa shape index (κ1) is 17.2. The molecule has 0 radical (unpaired) electrons. The van der Waals surface area contributed by atoms with Gasteiger partial charge in [0.1, 0.15) is 0 Å². The van der Waals surface area contributed by atoms with E-state index in [1.807, 2.05) is 37.3 Å². The largest absolute Gasteiger partial charge is 0.355 e. The highest BCUT2D eigenvalue weighted by Gasteiger charge is 2.22. The molecule has 0 aliphatic carbocycles. The lowest BCUT2D eigenvalue weighted by molar-refractivity contribution is -0.125. The minimum atomic E-state index is -0.286. The first-order chi connectivity index (χ1) is 11.0. The van der Waals surface area contributed by atoms with Gasteiger partial charge in [0.15, 0.2) is 0 Å². The van der Waals surface area contributed by atoms with E-state index in [0.717, 1.165) is 5.56 Å². The number of carbonyl (C=O) groups excluding carboxylic acids is 1. The summed E-state index contributed by atoms with van der Waals surface area (Å²) in [6, 6.07) is 17.9. The number of nitrogens with one attached hydrogen (secondary N) is 1. The number of amides is 1. The maximum atomic E-state index is 12.4. The van der Waals surface area contributed by atoms with E-state index in [4.69, 9.17) is 5.73 Å². The van der Waals surface area contributed by atoms with Gasteiger partial charge in [-0.1, -0.05) is 74.0 Å². The molecule has 23 heavy (non-hydrogen) atoms. The quantitative estimate of drug-likeness (QED) is 0.857.